The van der Waals surface area contributed by atoms with Gasteiger partial charge in [0.15, 0.2) is 0 Å². The van der Waals surface area contributed by atoms with Gasteiger partial charge in [0, 0.05) is 17.7 Å². The number of nitro benzene ring substituents is 1. The van der Waals surface area contributed by atoms with E-state index < -0.39 is 4.92 Å². The quantitative estimate of drug-likeness (QED) is 0.405. The number of ketones is 1. The van der Waals surface area contributed by atoms with E-state index in [1.165, 1.54) is 18.2 Å². The van der Waals surface area contributed by atoms with Crippen LogP contribution in [0.3, 0.4) is 0 Å². The molecule has 1 rings (SSSR count). The number of rotatable bonds is 3. The molecular formula is C8H9N2O3+. The summed E-state index contributed by atoms with van der Waals surface area (Å²) < 4.78 is 0. The molecule has 0 aromatic heterocycles. The summed E-state index contributed by atoms with van der Waals surface area (Å²) in [5, 5.41) is 10.3. The van der Waals surface area contributed by atoms with Crippen molar-refractivity contribution in [2.45, 2.75) is 0 Å². The van der Waals surface area contributed by atoms with Gasteiger partial charge in [0.05, 0.1) is 4.92 Å². The van der Waals surface area contributed by atoms with E-state index in [9.17, 15) is 14.9 Å². The van der Waals surface area contributed by atoms with Crippen molar-refractivity contribution in [2.75, 3.05) is 6.54 Å². The number of hydrogen-bond acceptors (Lipinski definition) is 3. The number of quaternary nitrogens is 1. The van der Waals surface area contributed by atoms with E-state index >= 15 is 0 Å². The van der Waals surface area contributed by atoms with Crippen LogP contribution in [-0.4, -0.2) is 17.3 Å². The molecule has 0 aliphatic carbocycles. The molecule has 1 aromatic rings. The third-order valence-corrected chi connectivity index (χ3v) is 1.61. The van der Waals surface area contributed by atoms with Crippen LogP contribution in [0.25, 0.3) is 0 Å². The molecule has 3 N–H and O–H groups in total. The Morgan fingerprint density at radius 2 is 2.23 bits per heavy atom. The molecule has 5 heteroatoms. The van der Waals surface area contributed by atoms with Crippen LogP contribution in [0.1, 0.15) is 10.4 Å². The Labute approximate surface area is 74.3 Å². The fourth-order valence-electron chi connectivity index (χ4n) is 0.937. The van der Waals surface area contributed by atoms with Gasteiger partial charge in [-0.25, -0.2) is 0 Å². The Balaban J connectivity index is 3.05. The van der Waals surface area contributed by atoms with Gasteiger partial charge in [-0.1, -0.05) is 12.1 Å². The first kappa shape index (κ1) is 9.34. The molecule has 0 atom stereocenters. The first-order valence-corrected chi connectivity index (χ1v) is 3.72. The van der Waals surface area contributed by atoms with Crippen molar-refractivity contribution in [3.63, 3.8) is 0 Å². The van der Waals surface area contributed by atoms with Crippen LogP contribution in [0.2, 0.25) is 0 Å². The number of carbonyl (C=O) groups excluding carboxylic acids is 1. The maximum absolute atomic E-state index is 11.1. The van der Waals surface area contributed by atoms with E-state index in [-0.39, 0.29) is 18.0 Å². The summed E-state index contributed by atoms with van der Waals surface area (Å²) in [6.45, 7) is 0.112. The predicted molar refractivity (Wildman–Crippen MR) is 45.2 cm³/mol. The summed E-state index contributed by atoms with van der Waals surface area (Å²) in [6, 6.07) is 5.63. The third-order valence-electron chi connectivity index (χ3n) is 1.61. The predicted octanol–water partition coefficient (Wildman–Crippen LogP) is 0.0194. The summed E-state index contributed by atoms with van der Waals surface area (Å²) in [5.41, 5.74) is 3.68. The molecular weight excluding hydrogens is 172 g/mol. The molecule has 0 amide bonds. The number of carbonyl (C=O) groups is 1. The molecule has 5 nitrogen and oxygen atoms in total. The summed E-state index contributed by atoms with van der Waals surface area (Å²) >= 11 is 0. The van der Waals surface area contributed by atoms with Crippen LogP contribution in [0.4, 0.5) is 5.69 Å². The zero-order chi connectivity index (χ0) is 9.84. The van der Waals surface area contributed by atoms with Gasteiger partial charge >= 0.3 is 0 Å². The number of benzene rings is 1. The van der Waals surface area contributed by atoms with Gasteiger partial charge in [-0.2, -0.15) is 0 Å². The van der Waals surface area contributed by atoms with E-state index in [0.29, 0.717) is 5.56 Å². The Morgan fingerprint density at radius 1 is 1.54 bits per heavy atom. The minimum absolute atomic E-state index is 0.0701. The standard InChI is InChI=1S/C8H8N2O3/c9-5-8(11)6-2-1-3-7(4-6)10(12)13/h1-4H,5,9H2/p+1. The molecule has 1 aromatic carbocycles. The lowest BCUT2D eigenvalue weighted by Crippen LogP contribution is -2.54. The van der Waals surface area contributed by atoms with Crippen molar-refractivity contribution < 1.29 is 15.5 Å². The summed E-state index contributed by atoms with van der Waals surface area (Å²) in [5.74, 6) is -0.191. The van der Waals surface area contributed by atoms with Crippen molar-refractivity contribution >= 4 is 11.5 Å². The average molecular weight is 181 g/mol. The van der Waals surface area contributed by atoms with E-state index in [1.807, 2.05) is 0 Å². The first-order valence-electron chi connectivity index (χ1n) is 3.72. The summed E-state index contributed by atoms with van der Waals surface area (Å²) in [4.78, 5) is 20.9. The largest absolute Gasteiger partial charge is 0.351 e. The lowest BCUT2D eigenvalue weighted by atomic mass is 10.1. The molecule has 0 saturated heterocycles. The molecule has 0 saturated carbocycles. The topological polar surface area (TPSA) is 87.8 Å². The van der Waals surface area contributed by atoms with Gasteiger partial charge in [0.25, 0.3) is 5.69 Å². The zero-order valence-corrected chi connectivity index (χ0v) is 6.90. The average Bonchev–Trinajstić information content (AvgIpc) is 2.17. The highest BCUT2D eigenvalue weighted by Crippen LogP contribution is 2.12. The fourth-order valence-corrected chi connectivity index (χ4v) is 0.937. The lowest BCUT2D eigenvalue weighted by Gasteiger charge is -1.95. The molecule has 0 bridgehead atoms. The van der Waals surface area contributed by atoms with Gasteiger partial charge in [0.1, 0.15) is 6.54 Å². The Hall–Kier alpha value is -1.75. The monoisotopic (exact) mass is 181 g/mol. The maximum Gasteiger partial charge on any atom is 0.270 e. The summed E-state index contributed by atoms with van der Waals surface area (Å²) in [6.07, 6.45) is 0. The van der Waals surface area contributed by atoms with Crippen molar-refractivity contribution in [1.82, 2.24) is 0 Å². The number of nitro groups is 1. The number of nitrogens with zero attached hydrogens (tertiary/aromatic N) is 1. The van der Waals surface area contributed by atoms with Crippen molar-refractivity contribution in [3.8, 4) is 0 Å². The second-order valence-electron chi connectivity index (χ2n) is 2.48. The Bertz CT molecular complexity index is 349. The SMILES string of the molecule is [NH3+]CC(=O)c1cccc([N+](=O)[O-])c1. The molecule has 0 radical (unpaired) electrons. The third kappa shape index (κ3) is 2.09. The fraction of sp³-hybridized carbons (Fsp3) is 0.125. The maximum atomic E-state index is 11.1. The normalized spacial score (nSPS) is 9.62. The number of non-ortho nitro benzene ring substituents is 1. The summed E-state index contributed by atoms with van der Waals surface area (Å²) in [7, 11) is 0. The Kier molecular flexibility index (Phi) is 2.71. The van der Waals surface area contributed by atoms with Gasteiger partial charge in [-0.15, -0.1) is 0 Å². The lowest BCUT2D eigenvalue weighted by molar-refractivity contribution is -0.384. The second kappa shape index (κ2) is 3.77. The van der Waals surface area contributed by atoms with Gasteiger partial charge < -0.3 is 5.73 Å². The van der Waals surface area contributed by atoms with Crippen molar-refractivity contribution in [3.05, 3.63) is 39.9 Å². The molecule has 0 unspecified atom stereocenters. The van der Waals surface area contributed by atoms with Gasteiger partial charge in [0.2, 0.25) is 5.78 Å². The molecule has 0 fully saturated rings. The van der Waals surface area contributed by atoms with Crippen LogP contribution in [-0.2, 0) is 0 Å². The molecule has 0 aliphatic heterocycles. The minimum Gasteiger partial charge on any atom is -0.351 e. The molecule has 13 heavy (non-hydrogen) atoms. The van der Waals surface area contributed by atoms with Crippen LogP contribution in [0, 0.1) is 10.1 Å². The first-order chi connectivity index (χ1) is 6.15. The van der Waals surface area contributed by atoms with E-state index in [2.05, 4.69) is 5.73 Å². The molecule has 0 heterocycles. The molecule has 68 valence electrons. The van der Waals surface area contributed by atoms with E-state index in [1.54, 1.807) is 6.07 Å². The van der Waals surface area contributed by atoms with Gasteiger partial charge in [-0.3, -0.25) is 14.9 Å². The highest BCUT2D eigenvalue weighted by molar-refractivity contribution is 5.97. The van der Waals surface area contributed by atoms with Gasteiger partial charge in [-0.05, 0) is 0 Å². The van der Waals surface area contributed by atoms with E-state index in [0.717, 1.165) is 0 Å². The highest BCUT2D eigenvalue weighted by Gasteiger charge is 2.10. The van der Waals surface area contributed by atoms with Crippen LogP contribution in [0.5, 0.6) is 0 Å². The highest BCUT2D eigenvalue weighted by atomic mass is 16.6. The van der Waals surface area contributed by atoms with E-state index in [4.69, 9.17) is 0 Å². The minimum atomic E-state index is -0.528. The molecule has 0 aliphatic rings. The number of hydrogen-bond donors (Lipinski definition) is 1. The van der Waals surface area contributed by atoms with Crippen molar-refractivity contribution in [1.29, 1.82) is 0 Å². The van der Waals surface area contributed by atoms with Crippen LogP contribution < -0.4 is 5.73 Å². The number of Topliss-reactive ketones (excluding diaryl/α,β-unsaturated/α-hetero) is 1. The second-order valence-corrected chi connectivity index (χ2v) is 2.48. The van der Waals surface area contributed by atoms with Crippen LogP contribution >= 0.6 is 0 Å². The zero-order valence-electron chi connectivity index (χ0n) is 6.90. The Morgan fingerprint density at radius 3 is 2.77 bits per heavy atom. The molecule has 0 spiro atoms. The smallest absolute Gasteiger partial charge is 0.270 e. The van der Waals surface area contributed by atoms with Crippen LogP contribution in [0.15, 0.2) is 24.3 Å². The van der Waals surface area contributed by atoms with Crippen molar-refractivity contribution in [2.24, 2.45) is 0 Å².